The van der Waals surface area contributed by atoms with Gasteiger partial charge < -0.3 is 32.0 Å². The van der Waals surface area contributed by atoms with Gasteiger partial charge in [0.2, 0.25) is 0 Å². The fourth-order valence-corrected chi connectivity index (χ4v) is 4.80. The Morgan fingerprint density at radius 1 is 0.923 bits per heavy atom. The molecular formula is C29H26N7O2S-. The van der Waals surface area contributed by atoms with Gasteiger partial charge in [0, 0.05) is 54.6 Å². The predicted molar refractivity (Wildman–Crippen MR) is 157 cm³/mol. The van der Waals surface area contributed by atoms with Crippen LogP contribution in [0, 0.1) is 5.21 Å². The second-order valence-electron chi connectivity index (χ2n) is 8.55. The van der Waals surface area contributed by atoms with Crippen LogP contribution < -0.4 is 26.7 Å². The molecule has 9 nitrogen and oxygen atoms in total. The summed E-state index contributed by atoms with van der Waals surface area (Å²) in [5.74, 6) is 0.265. The minimum Gasteiger partial charge on any atom is -0.761 e. The van der Waals surface area contributed by atoms with Gasteiger partial charge in [-0.05, 0) is 59.0 Å². The molecule has 0 saturated carbocycles. The Hall–Kier alpha value is -4.93. The molecule has 0 unspecified atom stereocenters. The van der Waals surface area contributed by atoms with Gasteiger partial charge >= 0.3 is 0 Å². The van der Waals surface area contributed by atoms with Gasteiger partial charge in [-0.2, -0.15) is 0 Å². The van der Waals surface area contributed by atoms with E-state index in [-0.39, 0.29) is 5.91 Å². The number of rotatable bonds is 11. The molecule has 10 heteroatoms. The topological polar surface area (TPSA) is 126 Å². The maximum atomic E-state index is 13.2. The van der Waals surface area contributed by atoms with Crippen molar-refractivity contribution in [2.75, 3.05) is 16.0 Å². The minimum absolute atomic E-state index is 0.212. The molecule has 3 aromatic heterocycles. The standard InChI is InChI=1S/C29H26N7O2S/c37-29(28-26(11-14-39-28)32-18-21-10-13-31-25-9-2-1-8-24(21)25)36-23-7-3-6-22(15-23)35-27(19-34-38)33-17-20-5-4-12-30-16-20/h1-16,19,32-35H,17-18H2,(H,36,37)/q-1/b27-19+. The Labute approximate surface area is 229 Å². The Balaban J connectivity index is 1.23. The first-order chi connectivity index (χ1) is 19.2. The number of fused-ring (bicyclic) bond motifs is 1. The largest absolute Gasteiger partial charge is 0.761 e. The fraction of sp³-hybridized carbons (Fsp3) is 0.0690. The van der Waals surface area contributed by atoms with Crippen molar-refractivity contribution in [3.05, 3.63) is 130 Å². The van der Waals surface area contributed by atoms with Gasteiger partial charge in [-0.1, -0.05) is 30.3 Å². The summed E-state index contributed by atoms with van der Waals surface area (Å²) in [7, 11) is 0. The molecule has 0 saturated heterocycles. The summed E-state index contributed by atoms with van der Waals surface area (Å²) in [5, 5.41) is 26.7. The average Bonchev–Trinajstić information content (AvgIpc) is 3.45. The highest BCUT2D eigenvalue weighted by Crippen LogP contribution is 2.26. The Bertz CT molecular complexity index is 1580. The molecule has 0 radical (unpaired) electrons. The molecule has 0 spiro atoms. The first-order valence-corrected chi connectivity index (χ1v) is 13.1. The molecule has 0 bridgehead atoms. The van der Waals surface area contributed by atoms with Crippen molar-refractivity contribution in [1.82, 2.24) is 20.8 Å². The number of hydroxylamine groups is 1. The lowest BCUT2D eigenvalue weighted by molar-refractivity contribution is 0.103. The highest BCUT2D eigenvalue weighted by atomic mass is 32.1. The van der Waals surface area contributed by atoms with E-state index in [1.807, 2.05) is 72.1 Å². The molecule has 196 valence electrons. The first kappa shape index (κ1) is 25.7. The van der Waals surface area contributed by atoms with Crippen LogP contribution in [-0.2, 0) is 13.1 Å². The van der Waals surface area contributed by atoms with E-state index in [9.17, 15) is 10.0 Å². The van der Waals surface area contributed by atoms with E-state index in [2.05, 4.69) is 31.2 Å². The molecule has 0 atom stereocenters. The van der Waals surface area contributed by atoms with Crippen LogP contribution >= 0.6 is 11.3 Å². The van der Waals surface area contributed by atoms with Crippen molar-refractivity contribution in [2.24, 2.45) is 0 Å². The van der Waals surface area contributed by atoms with Crippen LogP contribution in [0.3, 0.4) is 0 Å². The molecule has 1 amide bonds. The summed E-state index contributed by atoms with van der Waals surface area (Å²) in [5.41, 5.74) is 6.88. The number of nitrogens with one attached hydrogen (secondary N) is 5. The number of carbonyl (C=O) groups is 1. The number of aromatic nitrogens is 2. The number of anilines is 3. The highest BCUT2D eigenvalue weighted by molar-refractivity contribution is 7.12. The average molecular weight is 537 g/mol. The predicted octanol–water partition coefficient (Wildman–Crippen LogP) is 5.64. The zero-order valence-corrected chi connectivity index (χ0v) is 21.7. The molecule has 0 aliphatic rings. The van der Waals surface area contributed by atoms with Gasteiger partial charge in [0.1, 0.15) is 10.7 Å². The van der Waals surface area contributed by atoms with Gasteiger partial charge in [-0.15, -0.1) is 11.3 Å². The molecule has 0 aliphatic heterocycles. The molecule has 39 heavy (non-hydrogen) atoms. The number of thiophene rings is 1. The molecule has 5 aromatic rings. The molecule has 3 heterocycles. The van der Waals surface area contributed by atoms with Crippen LogP contribution in [0.15, 0.2) is 109 Å². The second kappa shape index (κ2) is 12.5. The Morgan fingerprint density at radius 2 is 1.79 bits per heavy atom. The number of amides is 1. The lowest BCUT2D eigenvalue weighted by Crippen LogP contribution is -2.21. The number of para-hydroxylation sites is 1. The van der Waals surface area contributed by atoms with Crippen molar-refractivity contribution in [2.45, 2.75) is 13.1 Å². The van der Waals surface area contributed by atoms with E-state index < -0.39 is 0 Å². The van der Waals surface area contributed by atoms with Crippen molar-refractivity contribution in [3.8, 4) is 0 Å². The van der Waals surface area contributed by atoms with Crippen LogP contribution in [0.5, 0.6) is 0 Å². The maximum absolute atomic E-state index is 13.2. The first-order valence-electron chi connectivity index (χ1n) is 12.2. The summed E-state index contributed by atoms with van der Waals surface area (Å²) in [4.78, 5) is 22.3. The lowest BCUT2D eigenvalue weighted by atomic mass is 10.1. The number of nitrogens with zero attached hydrogens (tertiary/aromatic N) is 2. The number of hydrogen-bond acceptors (Lipinski definition) is 9. The highest BCUT2D eigenvalue weighted by Gasteiger charge is 2.14. The Morgan fingerprint density at radius 3 is 2.64 bits per heavy atom. The zero-order valence-electron chi connectivity index (χ0n) is 20.8. The quantitative estimate of drug-likeness (QED) is 0.137. The van der Waals surface area contributed by atoms with Crippen molar-refractivity contribution in [1.29, 1.82) is 0 Å². The third-order valence-electron chi connectivity index (χ3n) is 5.89. The van der Waals surface area contributed by atoms with Gasteiger partial charge in [0.15, 0.2) is 0 Å². The number of hydrogen-bond donors (Lipinski definition) is 5. The molecule has 5 N–H and O–H groups in total. The molecule has 0 fully saturated rings. The summed E-state index contributed by atoms with van der Waals surface area (Å²) in [6, 6.07) is 22.9. The van der Waals surface area contributed by atoms with Gasteiger partial charge in [-0.3, -0.25) is 14.8 Å². The van der Waals surface area contributed by atoms with Crippen molar-refractivity contribution >= 4 is 45.2 Å². The third kappa shape index (κ3) is 6.69. The van der Waals surface area contributed by atoms with E-state index in [0.29, 0.717) is 35.2 Å². The van der Waals surface area contributed by atoms with Gasteiger partial charge in [0.05, 0.1) is 11.2 Å². The minimum atomic E-state index is -0.212. The summed E-state index contributed by atoms with van der Waals surface area (Å²) in [6.07, 6.45) is 6.54. The number of benzene rings is 2. The lowest BCUT2D eigenvalue weighted by Gasteiger charge is -2.16. The van der Waals surface area contributed by atoms with Crippen LogP contribution in [0.25, 0.3) is 10.9 Å². The zero-order chi connectivity index (χ0) is 26.9. The van der Waals surface area contributed by atoms with E-state index >= 15 is 0 Å². The molecule has 2 aromatic carbocycles. The SMILES string of the molecule is O=C(Nc1cccc(N/C(=C/N[O-])NCc2cccnc2)c1)c1sccc1NCc1ccnc2ccccc12. The van der Waals surface area contributed by atoms with E-state index in [4.69, 9.17) is 0 Å². The van der Waals surface area contributed by atoms with Crippen molar-refractivity contribution < 1.29 is 4.79 Å². The third-order valence-corrected chi connectivity index (χ3v) is 6.80. The molecule has 0 aliphatic carbocycles. The van der Waals surface area contributed by atoms with Crippen LogP contribution in [0.4, 0.5) is 17.1 Å². The summed E-state index contributed by atoms with van der Waals surface area (Å²) >= 11 is 1.37. The molecule has 5 rings (SSSR count). The fourth-order valence-electron chi connectivity index (χ4n) is 4.03. The van der Waals surface area contributed by atoms with Crippen molar-refractivity contribution in [3.63, 3.8) is 0 Å². The van der Waals surface area contributed by atoms with Crippen LogP contribution in [0.2, 0.25) is 0 Å². The number of carbonyl (C=O) groups excluding carboxylic acids is 1. The smallest absolute Gasteiger partial charge is 0.267 e. The second-order valence-corrected chi connectivity index (χ2v) is 9.47. The summed E-state index contributed by atoms with van der Waals surface area (Å²) in [6.45, 7) is 1.04. The van der Waals surface area contributed by atoms with E-state index in [1.165, 1.54) is 17.5 Å². The monoisotopic (exact) mass is 536 g/mol. The van der Waals surface area contributed by atoms with Crippen LogP contribution in [-0.4, -0.2) is 15.9 Å². The van der Waals surface area contributed by atoms with Gasteiger partial charge in [-0.25, -0.2) is 0 Å². The van der Waals surface area contributed by atoms with E-state index in [0.717, 1.165) is 27.7 Å². The molecular weight excluding hydrogens is 510 g/mol. The van der Waals surface area contributed by atoms with Gasteiger partial charge in [0.25, 0.3) is 5.91 Å². The summed E-state index contributed by atoms with van der Waals surface area (Å²) < 4.78 is 0. The van der Waals surface area contributed by atoms with Crippen LogP contribution in [0.1, 0.15) is 20.8 Å². The Kier molecular flexibility index (Phi) is 8.27. The maximum Gasteiger partial charge on any atom is 0.267 e. The normalized spacial score (nSPS) is 11.2. The van der Waals surface area contributed by atoms with E-state index in [1.54, 1.807) is 30.1 Å². The number of pyridine rings is 2.